The summed E-state index contributed by atoms with van der Waals surface area (Å²) in [4.78, 5) is 0. The maximum atomic E-state index is 9.54. The number of benzene rings is 1. The topological polar surface area (TPSA) is 41.5 Å². The van der Waals surface area contributed by atoms with Crippen molar-refractivity contribution in [1.82, 2.24) is 5.32 Å². The maximum absolute atomic E-state index is 9.54. The second-order valence-corrected chi connectivity index (χ2v) is 6.10. The largest absolute Gasteiger partial charge is 0.496 e. The lowest BCUT2D eigenvalue weighted by Gasteiger charge is -2.32. The number of hydrogen-bond donors (Lipinski definition) is 2. The van der Waals surface area contributed by atoms with E-state index in [2.05, 4.69) is 24.4 Å². The van der Waals surface area contributed by atoms with E-state index in [4.69, 9.17) is 4.74 Å². The fourth-order valence-electron chi connectivity index (χ4n) is 3.52. The van der Waals surface area contributed by atoms with Crippen LogP contribution in [0.25, 0.3) is 0 Å². The lowest BCUT2D eigenvalue weighted by Crippen LogP contribution is -2.34. The van der Waals surface area contributed by atoms with Crippen LogP contribution in [0.3, 0.4) is 0 Å². The second kappa shape index (κ2) is 8.40. The lowest BCUT2D eigenvalue weighted by molar-refractivity contribution is 0.130. The van der Waals surface area contributed by atoms with Gasteiger partial charge in [-0.1, -0.05) is 38.0 Å². The van der Waals surface area contributed by atoms with Crippen molar-refractivity contribution in [2.24, 2.45) is 11.8 Å². The van der Waals surface area contributed by atoms with Gasteiger partial charge in [0, 0.05) is 18.2 Å². The van der Waals surface area contributed by atoms with Crippen LogP contribution in [0.5, 0.6) is 5.75 Å². The Morgan fingerprint density at radius 1 is 1.24 bits per heavy atom. The van der Waals surface area contributed by atoms with Crippen molar-refractivity contribution in [1.29, 1.82) is 0 Å². The van der Waals surface area contributed by atoms with Crippen LogP contribution in [0, 0.1) is 11.8 Å². The highest BCUT2D eigenvalue weighted by atomic mass is 16.5. The van der Waals surface area contributed by atoms with Gasteiger partial charge in [0.05, 0.1) is 7.11 Å². The Morgan fingerprint density at radius 3 is 2.62 bits per heavy atom. The number of methoxy groups -OCH3 is 1. The molecule has 0 spiro atoms. The molecule has 0 aromatic heterocycles. The van der Waals surface area contributed by atoms with Gasteiger partial charge in [0.1, 0.15) is 5.75 Å². The number of hydrogen-bond acceptors (Lipinski definition) is 3. The van der Waals surface area contributed by atoms with Crippen LogP contribution in [0.1, 0.15) is 50.6 Å². The second-order valence-electron chi connectivity index (χ2n) is 6.10. The molecule has 3 atom stereocenters. The SMILES string of the molecule is CCC(NCC1CCCCC1CO)c1ccccc1OC. The molecule has 0 radical (unpaired) electrons. The van der Waals surface area contributed by atoms with Crippen LogP contribution in [0.4, 0.5) is 0 Å². The zero-order chi connectivity index (χ0) is 15.1. The molecule has 1 aliphatic rings. The Bertz CT molecular complexity index is 421. The fourth-order valence-corrected chi connectivity index (χ4v) is 3.52. The van der Waals surface area contributed by atoms with Gasteiger partial charge in [0.15, 0.2) is 0 Å². The van der Waals surface area contributed by atoms with Gasteiger partial charge in [-0.15, -0.1) is 0 Å². The first-order valence-electron chi connectivity index (χ1n) is 8.27. The van der Waals surface area contributed by atoms with Gasteiger partial charge in [0.25, 0.3) is 0 Å². The van der Waals surface area contributed by atoms with E-state index in [-0.39, 0.29) is 0 Å². The molecule has 3 unspecified atom stereocenters. The molecular weight excluding hydrogens is 262 g/mol. The monoisotopic (exact) mass is 291 g/mol. The van der Waals surface area contributed by atoms with Crippen molar-refractivity contribution in [3.05, 3.63) is 29.8 Å². The molecule has 0 heterocycles. The third-order valence-electron chi connectivity index (χ3n) is 4.85. The quantitative estimate of drug-likeness (QED) is 0.807. The van der Waals surface area contributed by atoms with Gasteiger partial charge < -0.3 is 15.2 Å². The van der Waals surface area contributed by atoms with E-state index in [1.165, 1.54) is 31.2 Å². The van der Waals surface area contributed by atoms with Crippen molar-refractivity contribution in [3.8, 4) is 5.75 Å². The highest BCUT2D eigenvalue weighted by molar-refractivity contribution is 5.35. The summed E-state index contributed by atoms with van der Waals surface area (Å²) in [5.41, 5.74) is 1.24. The molecule has 0 amide bonds. The summed E-state index contributed by atoms with van der Waals surface area (Å²) < 4.78 is 5.48. The summed E-state index contributed by atoms with van der Waals surface area (Å²) in [6.07, 6.45) is 6.02. The van der Waals surface area contributed by atoms with Crippen LogP contribution < -0.4 is 10.1 Å². The molecule has 0 bridgehead atoms. The van der Waals surface area contributed by atoms with Crippen LogP contribution in [-0.4, -0.2) is 25.4 Å². The van der Waals surface area contributed by atoms with E-state index in [0.717, 1.165) is 18.7 Å². The Balaban J connectivity index is 1.98. The van der Waals surface area contributed by atoms with Gasteiger partial charge in [-0.05, 0) is 43.7 Å². The number of aliphatic hydroxyl groups is 1. The molecule has 21 heavy (non-hydrogen) atoms. The minimum atomic E-state index is 0.322. The summed E-state index contributed by atoms with van der Waals surface area (Å²) >= 11 is 0. The average Bonchev–Trinajstić information content (AvgIpc) is 2.56. The first kappa shape index (κ1) is 16.3. The Labute approximate surface area is 128 Å². The van der Waals surface area contributed by atoms with E-state index in [0.29, 0.717) is 24.5 Å². The molecule has 2 rings (SSSR count). The first-order valence-corrected chi connectivity index (χ1v) is 8.27. The third kappa shape index (κ3) is 4.21. The predicted molar refractivity (Wildman–Crippen MR) is 86.6 cm³/mol. The van der Waals surface area contributed by atoms with Crippen LogP contribution in [-0.2, 0) is 0 Å². The number of rotatable bonds is 7. The van der Waals surface area contributed by atoms with Gasteiger partial charge in [-0.3, -0.25) is 0 Å². The standard InChI is InChI=1S/C18H29NO2/c1-3-17(16-10-6-7-11-18(16)21-2)19-12-14-8-4-5-9-15(14)13-20/h6-7,10-11,14-15,17,19-20H,3-5,8-9,12-13H2,1-2H3. The lowest BCUT2D eigenvalue weighted by atomic mass is 9.79. The van der Waals surface area contributed by atoms with Gasteiger partial charge in [-0.25, -0.2) is 0 Å². The molecule has 0 saturated heterocycles. The number of nitrogens with one attached hydrogen (secondary N) is 1. The molecule has 1 aromatic carbocycles. The van der Waals surface area contributed by atoms with Gasteiger partial charge >= 0.3 is 0 Å². The van der Waals surface area contributed by atoms with Crippen molar-refractivity contribution in [2.45, 2.75) is 45.1 Å². The molecular formula is C18H29NO2. The van der Waals surface area contributed by atoms with Crippen LogP contribution in [0.2, 0.25) is 0 Å². The van der Waals surface area contributed by atoms with E-state index >= 15 is 0 Å². The van der Waals surface area contributed by atoms with Crippen LogP contribution >= 0.6 is 0 Å². The molecule has 118 valence electrons. The van der Waals surface area contributed by atoms with E-state index in [1.807, 2.05) is 12.1 Å². The van der Waals surface area contributed by atoms with Crippen molar-refractivity contribution >= 4 is 0 Å². The van der Waals surface area contributed by atoms with Crippen molar-refractivity contribution < 1.29 is 9.84 Å². The third-order valence-corrected chi connectivity index (χ3v) is 4.85. The zero-order valence-electron chi connectivity index (χ0n) is 13.3. The fraction of sp³-hybridized carbons (Fsp3) is 0.667. The smallest absolute Gasteiger partial charge is 0.123 e. The summed E-state index contributed by atoms with van der Waals surface area (Å²) in [5, 5.41) is 13.2. The average molecular weight is 291 g/mol. The molecule has 1 aliphatic carbocycles. The summed E-state index contributed by atoms with van der Waals surface area (Å²) in [6, 6.07) is 8.57. The molecule has 2 N–H and O–H groups in total. The summed E-state index contributed by atoms with van der Waals surface area (Å²) in [6.45, 7) is 3.52. The molecule has 0 aliphatic heterocycles. The minimum Gasteiger partial charge on any atom is -0.496 e. The Morgan fingerprint density at radius 2 is 1.95 bits per heavy atom. The Kier molecular flexibility index (Phi) is 6.52. The van der Waals surface area contributed by atoms with Crippen LogP contribution in [0.15, 0.2) is 24.3 Å². The highest BCUT2D eigenvalue weighted by Crippen LogP contribution is 2.31. The maximum Gasteiger partial charge on any atom is 0.123 e. The molecule has 1 saturated carbocycles. The van der Waals surface area contributed by atoms with E-state index in [1.54, 1.807) is 7.11 Å². The van der Waals surface area contributed by atoms with Gasteiger partial charge in [-0.2, -0.15) is 0 Å². The number of ether oxygens (including phenoxy) is 1. The molecule has 1 fully saturated rings. The normalized spacial score (nSPS) is 23.8. The van der Waals surface area contributed by atoms with Gasteiger partial charge in [0.2, 0.25) is 0 Å². The minimum absolute atomic E-state index is 0.322. The zero-order valence-corrected chi connectivity index (χ0v) is 13.3. The van der Waals surface area contributed by atoms with E-state index < -0.39 is 0 Å². The van der Waals surface area contributed by atoms with Crippen molar-refractivity contribution in [2.75, 3.05) is 20.3 Å². The molecule has 1 aromatic rings. The molecule has 3 nitrogen and oxygen atoms in total. The number of aliphatic hydroxyl groups excluding tert-OH is 1. The summed E-state index contributed by atoms with van der Waals surface area (Å²) in [7, 11) is 1.73. The summed E-state index contributed by atoms with van der Waals surface area (Å²) in [5.74, 6) is 2.04. The molecule has 3 heteroatoms. The Hall–Kier alpha value is -1.06. The van der Waals surface area contributed by atoms with E-state index in [9.17, 15) is 5.11 Å². The van der Waals surface area contributed by atoms with Crippen molar-refractivity contribution in [3.63, 3.8) is 0 Å². The highest BCUT2D eigenvalue weighted by Gasteiger charge is 2.25. The predicted octanol–water partition coefficient (Wildman–Crippen LogP) is 3.53. The first-order chi connectivity index (χ1) is 10.3. The number of para-hydroxylation sites is 1.